The number of anilines is 1. The number of nitrogens with zero attached hydrogens (tertiary/aromatic N) is 1. The van der Waals surface area contributed by atoms with Crippen molar-refractivity contribution in [3.05, 3.63) is 64.6 Å². The minimum absolute atomic E-state index is 0.0103. The maximum atomic E-state index is 12.5. The Labute approximate surface area is 131 Å². The SMILES string of the molecule is CC1SC(c2ccc(Br)cc2)N(c2ccccc2)C1=O. The molecule has 2 atom stereocenters. The van der Waals surface area contributed by atoms with Gasteiger partial charge in [-0.15, -0.1) is 11.8 Å². The van der Waals surface area contributed by atoms with E-state index in [4.69, 9.17) is 0 Å². The summed E-state index contributed by atoms with van der Waals surface area (Å²) in [6.45, 7) is 1.97. The zero-order valence-corrected chi connectivity index (χ0v) is 13.4. The van der Waals surface area contributed by atoms with Crippen molar-refractivity contribution >= 4 is 39.3 Å². The molecule has 20 heavy (non-hydrogen) atoms. The summed E-state index contributed by atoms with van der Waals surface area (Å²) in [7, 11) is 0. The standard InChI is InChI=1S/C16H14BrNOS/c1-11-15(19)18(14-5-3-2-4-6-14)16(20-11)12-7-9-13(17)10-8-12/h2-11,16H,1H3. The van der Waals surface area contributed by atoms with Crippen molar-refractivity contribution in [1.82, 2.24) is 0 Å². The Bertz CT molecular complexity index is 614. The second-order valence-electron chi connectivity index (χ2n) is 4.73. The third-order valence-corrected chi connectivity index (χ3v) is 5.22. The quantitative estimate of drug-likeness (QED) is 0.790. The number of carbonyl (C=O) groups excluding carboxylic acids is 1. The van der Waals surface area contributed by atoms with Gasteiger partial charge in [-0.1, -0.05) is 46.3 Å². The summed E-state index contributed by atoms with van der Waals surface area (Å²) in [6.07, 6.45) is 0. The second-order valence-corrected chi connectivity index (χ2v) is 7.07. The van der Waals surface area contributed by atoms with Gasteiger partial charge in [0.05, 0.1) is 5.25 Å². The lowest BCUT2D eigenvalue weighted by Gasteiger charge is -2.24. The fourth-order valence-electron chi connectivity index (χ4n) is 2.33. The van der Waals surface area contributed by atoms with E-state index in [-0.39, 0.29) is 16.5 Å². The molecule has 1 heterocycles. The lowest BCUT2D eigenvalue weighted by Crippen LogP contribution is -2.29. The van der Waals surface area contributed by atoms with Crippen LogP contribution in [0.3, 0.4) is 0 Å². The van der Waals surface area contributed by atoms with Crippen molar-refractivity contribution in [3.63, 3.8) is 0 Å². The van der Waals surface area contributed by atoms with E-state index in [1.165, 1.54) is 0 Å². The molecule has 2 aromatic carbocycles. The van der Waals surface area contributed by atoms with E-state index in [1.807, 2.05) is 54.3 Å². The van der Waals surface area contributed by atoms with E-state index >= 15 is 0 Å². The number of amides is 1. The smallest absolute Gasteiger partial charge is 0.241 e. The first-order valence-electron chi connectivity index (χ1n) is 6.46. The Morgan fingerprint density at radius 2 is 1.70 bits per heavy atom. The number of hydrogen-bond acceptors (Lipinski definition) is 2. The molecule has 0 bridgehead atoms. The van der Waals surface area contributed by atoms with Gasteiger partial charge in [-0.25, -0.2) is 0 Å². The Kier molecular flexibility index (Phi) is 3.85. The minimum Gasteiger partial charge on any atom is -0.295 e. The highest BCUT2D eigenvalue weighted by atomic mass is 79.9. The topological polar surface area (TPSA) is 20.3 Å². The Balaban J connectivity index is 2.00. The highest BCUT2D eigenvalue weighted by Gasteiger charge is 2.39. The molecular weight excluding hydrogens is 334 g/mol. The number of carbonyl (C=O) groups is 1. The summed E-state index contributed by atoms with van der Waals surface area (Å²) < 4.78 is 1.05. The lowest BCUT2D eigenvalue weighted by atomic mass is 10.2. The third-order valence-electron chi connectivity index (χ3n) is 3.34. The van der Waals surface area contributed by atoms with Crippen LogP contribution < -0.4 is 4.90 Å². The number of rotatable bonds is 2. The van der Waals surface area contributed by atoms with Gasteiger partial charge in [0.1, 0.15) is 5.37 Å². The molecule has 0 aromatic heterocycles. The summed E-state index contributed by atoms with van der Waals surface area (Å²) in [4.78, 5) is 14.4. The molecule has 1 aliphatic heterocycles. The van der Waals surface area contributed by atoms with Crippen molar-refractivity contribution in [2.45, 2.75) is 17.5 Å². The van der Waals surface area contributed by atoms with E-state index in [0.29, 0.717) is 0 Å². The maximum absolute atomic E-state index is 12.5. The van der Waals surface area contributed by atoms with Crippen LogP contribution in [0.5, 0.6) is 0 Å². The highest BCUT2D eigenvalue weighted by molar-refractivity contribution is 9.10. The molecule has 0 N–H and O–H groups in total. The fraction of sp³-hybridized carbons (Fsp3) is 0.188. The molecule has 2 nitrogen and oxygen atoms in total. The molecule has 1 amide bonds. The zero-order chi connectivity index (χ0) is 14.1. The van der Waals surface area contributed by atoms with Crippen molar-refractivity contribution in [3.8, 4) is 0 Å². The first kappa shape index (κ1) is 13.7. The van der Waals surface area contributed by atoms with E-state index in [9.17, 15) is 4.79 Å². The summed E-state index contributed by atoms with van der Waals surface area (Å²) >= 11 is 5.15. The number of para-hydroxylation sites is 1. The Hall–Kier alpha value is -1.26. The number of hydrogen-bond donors (Lipinski definition) is 0. The molecule has 102 valence electrons. The van der Waals surface area contributed by atoms with E-state index in [0.717, 1.165) is 15.7 Å². The van der Waals surface area contributed by atoms with Gasteiger partial charge < -0.3 is 0 Å². The predicted molar refractivity (Wildman–Crippen MR) is 87.9 cm³/mol. The molecule has 0 saturated carbocycles. The monoisotopic (exact) mass is 347 g/mol. The van der Waals surface area contributed by atoms with Gasteiger partial charge in [0.15, 0.2) is 0 Å². The fourth-order valence-corrected chi connectivity index (χ4v) is 3.87. The van der Waals surface area contributed by atoms with Crippen LogP contribution in [-0.4, -0.2) is 11.2 Å². The van der Waals surface area contributed by atoms with Crippen molar-refractivity contribution in [2.24, 2.45) is 0 Å². The van der Waals surface area contributed by atoms with Crippen molar-refractivity contribution in [2.75, 3.05) is 4.90 Å². The van der Waals surface area contributed by atoms with Crippen molar-refractivity contribution < 1.29 is 4.79 Å². The van der Waals surface area contributed by atoms with Crippen LogP contribution in [0.15, 0.2) is 59.1 Å². The molecule has 2 aromatic rings. The molecule has 1 aliphatic rings. The molecule has 0 aliphatic carbocycles. The van der Waals surface area contributed by atoms with Gasteiger partial charge in [0.2, 0.25) is 5.91 Å². The summed E-state index contributed by atoms with van der Waals surface area (Å²) in [5, 5.41) is 0.0388. The van der Waals surface area contributed by atoms with Crippen LogP contribution >= 0.6 is 27.7 Å². The van der Waals surface area contributed by atoms with Crippen LogP contribution in [-0.2, 0) is 4.79 Å². The van der Waals surface area contributed by atoms with Crippen molar-refractivity contribution in [1.29, 1.82) is 0 Å². The van der Waals surface area contributed by atoms with Gasteiger partial charge in [0, 0.05) is 10.2 Å². The van der Waals surface area contributed by atoms with Crippen LogP contribution in [0.4, 0.5) is 5.69 Å². The molecule has 0 spiro atoms. The first-order valence-corrected chi connectivity index (χ1v) is 8.19. The van der Waals surface area contributed by atoms with E-state index in [1.54, 1.807) is 11.8 Å². The van der Waals surface area contributed by atoms with Gasteiger partial charge in [-0.3, -0.25) is 9.69 Å². The summed E-state index contributed by atoms with van der Waals surface area (Å²) in [5.41, 5.74) is 2.11. The summed E-state index contributed by atoms with van der Waals surface area (Å²) in [6, 6.07) is 18.1. The number of benzene rings is 2. The predicted octanol–water partition coefficient (Wildman–Crippen LogP) is 4.62. The van der Waals surface area contributed by atoms with Crippen LogP contribution in [0, 0.1) is 0 Å². The summed E-state index contributed by atoms with van der Waals surface area (Å²) in [5.74, 6) is 0.175. The zero-order valence-electron chi connectivity index (χ0n) is 11.0. The largest absolute Gasteiger partial charge is 0.295 e. The molecular formula is C16H14BrNOS. The Morgan fingerprint density at radius 1 is 1.05 bits per heavy atom. The first-order chi connectivity index (χ1) is 9.66. The molecule has 0 radical (unpaired) electrons. The average Bonchev–Trinajstić information content (AvgIpc) is 2.77. The van der Waals surface area contributed by atoms with Crippen LogP contribution in [0.2, 0.25) is 0 Å². The minimum atomic E-state index is -0.0103. The normalized spacial score (nSPS) is 22.3. The molecule has 4 heteroatoms. The van der Waals surface area contributed by atoms with E-state index in [2.05, 4.69) is 28.1 Å². The molecule has 2 unspecified atom stereocenters. The highest BCUT2D eigenvalue weighted by Crippen LogP contribution is 2.45. The average molecular weight is 348 g/mol. The maximum Gasteiger partial charge on any atom is 0.241 e. The van der Waals surface area contributed by atoms with Gasteiger partial charge in [0.25, 0.3) is 0 Å². The van der Waals surface area contributed by atoms with Crippen LogP contribution in [0.1, 0.15) is 17.9 Å². The van der Waals surface area contributed by atoms with Crippen LogP contribution in [0.25, 0.3) is 0 Å². The van der Waals surface area contributed by atoms with E-state index < -0.39 is 0 Å². The number of halogens is 1. The number of thioether (sulfide) groups is 1. The van der Waals surface area contributed by atoms with Gasteiger partial charge in [-0.2, -0.15) is 0 Å². The Morgan fingerprint density at radius 3 is 2.35 bits per heavy atom. The van der Waals surface area contributed by atoms with Gasteiger partial charge >= 0.3 is 0 Å². The third kappa shape index (κ3) is 2.50. The van der Waals surface area contributed by atoms with Gasteiger partial charge in [-0.05, 0) is 36.8 Å². The molecule has 1 fully saturated rings. The second kappa shape index (κ2) is 5.62. The molecule has 3 rings (SSSR count). The lowest BCUT2D eigenvalue weighted by molar-refractivity contribution is -0.117. The molecule has 1 saturated heterocycles.